The highest BCUT2D eigenvalue weighted by Gasteiger charge is 2.23. The summed E-state index contributed by atoms with van der Waals surface area (Å²) in [6, 6.07) is 20.4. The van der Waals surface area contributed by atoms with Gasteiger partial charge in [0.05, 0.1) is 4.58 Å². The van der Waals surface area contributed by atoms with Crippen LogP contribution in [0.25, 0.3) is 0 Å². The molecule has 4 heteroatoms. The lowest BCUT2D eigenvalue weighted by molar-refractivity contribution is 0.192. The Hall–Kier alpha value is -0.940. The summed E-state index contributed by atoms with van der Waals surface area (Å²) in [7, 11) is 0. The maximum absolute atomic E-state index is 9.65. The van der Waals surface area contributed by atoms with Crippen molar-refractivity contribution in [2.75, 3.05) is 13.2 Å². The summed E-state index contributed by atoms with van der Waals surface area (Å²) in [6.45, 7) is 0.192. The molecule has 0 aliphatic rings. The molecule has 0 aromatic heterocycles. The van der Waals surface area contributed by atoms with Gasteiger partial charge in [-0.05, 0) is 30.7 Å². The van der Waals surface area contributed by atoms with Gasteiger partial charge in [0.1, 0.15) is 0 Å². The van der Waals surface area contributed by atoms with E-state index >= 15 is 0 Å². The zero-order valence-corrected chi connectivity index (χ0v) is 13.4. The molecule has 2 nitrogen and oxygen atoms in total. The smallest absolute Gasteiger partial charge is 0.0647 e. The zero-order chi connectivity index (χ0) is 14.9. The van der Waals surface area contributed by atoms with Gasteiger partial charge in [0.25, 0.3) is 0 Å². The molecule has 0 saturated heterocycles. The minimum absolute atomic E-state index is 0.0606. The van der Waals surface area contributed by atoms with Crippen LogP contribution in [0.2, 0.25) is 0 Å². The van der Waals surface area contributed by atoms with Gasteiger partial charge >= 0.3 is 0 Å². The van der Waals surface area contributed by atoms with Gasteiger partial charge in [0.15, 0.2) is 0 Å². The van der Waals surface area contributed by atoms with Crippen LogP contribution in [0.3, 0.4) is 0 Å². The monoisotopic (exact) mass is 320 g/mol. The van der Waals surface area contributed by atoms with Crippen molar-refractivity contribution in [2.45, 2.75) is 20.8 Å². The number of hydrogen-bond acceptors (Lipinski definition) is 4. The van der Waals surface area contributed by atoms with Crippen molar-refractivity contribution in [3.8, 4) is 0 Å². The van der Waals surface area contributed by atoms with E-state index in [9.17, 15) is 10.2 Å². The summed E-state index contributed by atoms with van der Waals surface area (Å²) in [5.74, 6) is 0.0606. The standard InChI is InChI=1S/C17H20O2S2/c18-12-11-14(13-19)17(20-15-7-3-1-4-8-15)21-16-9-5-2-6-10-16/h1-10,14,17-19H,11-13H2/t14-/m1/s1. The Morgan fingerprint density at radius 3 is 1.62 bits per heavy atom. The minimum atomic E-state index is 0.0606. The fourth-order valence-electron chi connectivity index (χ4n) is 1.96. The predicted octanol–water partition coefficient (Wildman–Crippen LogP) is 3.89. The third kappa shape index (κ3) is 5.40. The molecule has 0 bridgehead atoms. The molecule has 2 aromatic carbocycles. The summed E-state index contributed by atoms with van der Waals surface area (Å²) < 4.78 is 0.173. The average molecular weight is 320 g/mol. The largest absolute Gasteiger partial charge is 0.396 e. The SMILES string of the molecule is OCC[C@H](CO)C(Sc1ccccc1)Sc1ccccc1. The Bertz CT molecular complexity index is 463. The highest BCUT2D eigenvalue weighted by Crippen LogP contribution is 2.40. The highest BCUT2D eigenvalue weighted by molar-refractivity contribution is 8.17. The first kappa shape index (κ1) is 16.4. The Morgan fingerprint density at radius 2 is 1.24 bits per heavy atom. The minimum Gasteiger partial charge on any atom is -0.396 e. The van der Waals surface area contributed by atoms with E-state index in [0.717, 1.165) is 0 Å². The number of thioether (sulfide) groups is 2. The van der Waals surface area contributed by atoms with Crippen molar-refractivity contribution in [3.05, 3.63) is 60.7 Å². The quantitative estimate of drug-likeness (QED) is 0.572. The summed E-state index contributed by atoms with van der Waals surface area (Å²) in [4.78, 5) is 2.37. The van der Waals surface area contributed by atoms with E-state index < -0.39 is 0 Å². The van der Waals surface area contributed by atoms with E-state index in [1.807, 2.05) is 36.4 Å². The van der Waals surface area contributed by atoms with Crippen LogP contribution < -0.4 is 0 Å². The lowest BCUT2D eigenvalue weighted by Gasteiger charge is -2.24. The number of benzene rings is 2. The van der Waals surface area contributed by atoms with E-state index in [4.69, 9.17) is 0 Å². The third-order valence-corrected chi connectivity index (χ3v) is 6.01. The zero-order valence-electron chi connectivity index (χ0n) is 11.8. The van der Waals surface area contributed by atoms with Crippen LogP contribution >= 0.6 is 23.5 Å². The lowest BCUT2D eigenvalue weighted by Crippen LogP contribution is -2.19. The van der Waals surface area contributed by atoms with Gasteiger partial charge in [0, 0.05) is 28.9 Å². The molecule has 0 saturated carbocycles. The third-order valence-electron chi connectivity index (χ3n) is 3.11. The number of rotatable bonds is 8. The van der Waals surface area contributed by atoms with Gasteiger partial charge in [-0.25, -0.2) is 0 Å². The highest BCUT2D eigenvalue weighted by atomic mass is 32.2. The molecular formula is C17H20O2S2. The molecular weight excluding hydrogens is 300 g/mol. The molecule has 0 heterocycles. The first-order valence-electron chi connectivity index (χ1n) is 6.98. The molecule has 0 amide bonds. The topological polar surface area (TPSA) is 40.5 Å². The Morgan fingerprint density at radius 1 is 0.762 bits per heavy atom. The van der Waals surface area contributed by atoms with Crippen molar-refractivity contribution in [2.24, 2.45) is 5.92 Å². The van der Waals surface area contributed by atoms with E-state index in [0.29, 0.717) is 6.42 Å². The van der Waals surface area contributed by atoms with Gasteiger partial charge in [-0.2, -0.15) is 0 Å². The normalized spacial score (nSPS) is 12.5. The van der Waals surface area contributed by atoms with Gasteiger partial charge in [-0.1, -0.05) is 36.4 Å². The van der Waals surface area contributed by atoms with Crippen LogP contribution in [0, 0.1) is 5.92 Å². The van der Waals surface area contributed by atoms with E-state index in [2.05, 4.69) is 24.3 Å². The average Bonchev–Trinajstić information content (AvgIpc) is 2.54. The predicted molar refractivity (Wildman–Crippen MR) is 90.7 cm³/mol. The summed E-state index contributed by atoms with van der Waals surface area (Å²) in [5, 5.41) is 18.9. The first-order chi connectivity index (χ1) is 10.3. The fourth-order valence-corrected chi connectivity index (χ4v) is 4.82. The van der Waals surface area contributed by atoms with Crippen molar-refractivity contribution < 1.29 is 10.2 Å². The first-order valence-corrected chi connectivity index (χ1v) is 8.74. The van der Waals surface area contributed by atoms with Crippen LogP contribution in [-0.4, -0.2) is 28.0 Å². The molecule has 0 aliphatic heterocycles. The lowest BCUT2D eigenvalue weighted by atomic mass is 10.1. The summed E-state index contributed by atoms with van der Waals surface area (Å²) >= 11 is 3.50. The molecule has 0 aliphatic carbocycles. The van der Waals surface area contributed by atoms with Gasteiger partial charge in [-0.3, -0.25) is 0 Å². The van der Waals surface area contributed by atoms with Crippen molar-refractivity contribution >= 4 is 23.5 Å². The van der Waals surface area contributed by atoms with Crippen LogP contribution in [0.1, 0.15) is 6.42 Å². The molecule has 2 N–H and O–H groups in total. The van der Waals surface area contributed by atoms with E-state index in [1.54, 1.807) is 23.5 Å². The molecule has 2 rings (SSSR count). The van der Waals surface area contributed by atoms with Crippen molar-refractivity contribution in [1.82, 2.24) is 0 Å². The van der Waals surface area contributed by atoms with Crippen molar-refractivity contribution in [1.29, 1.82) is 0 Å². The molecule has 1 atom stereocenters. The van der Waals surface area contributed by atoms with Crippen LogP contribution in [0.5, 0.6) is 0 Å². The molecule has 0 spiro atoms. The molecule has 0 radical (unpaired) electrons. The number of aliphatic hydroxyl groups excluding tert-OH is 2. The van der Waals surface area contributed by atoms with Crippen LogP contribution in [0.15, 0.2) is 70.5 Å². The van der Waals surface area contributed by atoms with E-state index in [-0.39, 0.29) is 23.7 Å². The molecule has 112 valence electrons. The number of aliphatic hydroxyl groups is 2. The van der Waals surface area contributed by atoms with Crippen LogP contribution in [0.4, 0.5) is 0 Å². The summed E-state index contributed by atoms with van der Waals surface area (Å²) in [6.07, 6.45) is 0.612. The van der Waals surface area contributed by atoms with E-state index in [1.165, 1.54) is 9.79 Å². The van der Waals surface area contributed by atoms with Gasteiger partial charge in [0.2, 0.25) is 0 Å². The Labute approximate surface area is 134 Å². The second-order valence-corrected chi connectivity index (χ2v) is 7.41. The molecule has 0 fully saturated rings. The molecule has 0 unspecified atom stereocenters. The van der Waals surface area contributed by atoms with Crippen LogP contribution in [-0.2, 0) is 0 Å². The Balaban J connectivity index is 2.13. The maximum atomic E-state index is 9.65. The number of hydrogen-bond donors (Lipinski definition) is 2. The molecule has 21 heavy (non-hydrogen) atoms. The second kappa shape index (κ2) is 9.15. The second-order valence-electron chi connectivity index (χ2n) is 4.69. The fraction of sp³-hybridized carbons (Fsp3) is 0.294. The van der Waals surface area contributed by atoms with Gasteiger partial charge in [-0.15, -0.1) is 23.5 Å². The van der Waals surface area contributed by atoms with Gasteiger partial charge < -0.3 is 10.2 Å². The maximum Gasteiger partial charge on any atom is 0.0647 e. The van der Waals surface area contributed by atoms with Crippen molar-refractivity contribution in [3.63, 3.8) is 0 Å². The summed E-state index contributed by atoms with van der Waals surface area (Å²) in [5.41, 5.74) is 0. The molecule has 2 aromatic rings. The Kier molecular flexibility index (Phi) is 7.16.